The zero-order valence-corrected chi connectivity index (χ0v) is 16.0. The maximum absolute atomic E-state index is 12.3. The van der Waals surface area contributed by atoms with Crippen molar-refractivity contribution >= 4 is 11.6 Å². The van der Waals surface area contributed by atoms with Crippen molar-refractivity contribution in [1.29, 1.82) is 0 Å². The van der Waals surface area contributed by atoms with Gasteiger partial charge in [0.1, 0.15) is 11.4 Å². The van der Waals surface area contributed by atoms with E-state index in [-0.39, 0.29) is 5.91 Å². The van der Waals surface area contributed by atoms with Crippen LogP contribution >= 0.6 is 0 Å². The van der Waals surface area contributed by atoms with Gasteiger partial charge < -0.3 is 15.4 Å². The molecule has 1 heterocycles. The van der Waals surface area contributed by atoms with E-state index in [1.165, 1.54) is 5.56 Å². The summed E-state index contributed by atoms with van der Waals surface area (Å²) in [5.74, 6) is 0.659. The Morgan fingerprint density at radius 3 is 2.46 bits per heavy atom. The first-order chi connectivity index (χ1) is 13.8. The topological polar surface area (TPSA) is 63.2 Å². The molecule has 0 saturated carbocycles. The Labute approximate surface area is 165 Å². The third kappa shape index (κ3) is 5.58. The van der Waals surface area contributed by atoms with Crippen molar-refractivity contribution < 1.29 is 9.53 Å². The minimum atomic E-state index is -0.175. The molecule has 28 heavy (non-hydrogen) atoms. The summed E-state index contributed by atoms with van der Waals surface area (Å²) in [6.07, 6.45) is 3.33. The van der Waals surface area contributed by atoms with Crippen LogP contribution in [0.15, 0.2) is 72.9 Å². The summed E-state index contributed by atoms with van der Waals surface area (Å²) >= 11 is 0. The number of amides is 1. The molecule has 0 saturated heterocycles. The van der Waals surface area contributed by atoms with Crippen LogP contribution in [0.5, 0.6) is 5.75 Å². The van der Waals surface area contributed by atoms with Gasteiger partial charge in [-0.15, -0.1) is 0 Å². The van der Waals surface area contributed by atoms with Crippen molar-refractivity contribution in [3.05, 3.63) is 89.7 Å². The highest BCUT2D eigenvalue weighted by molar-refractivity contribution is 5.92. The zero-order chi connectivity index (χ0) is 19.6. The van der Waals surface area contributed by atoms with E-state index in [1.807, 2.05) is 48.5 Å². The van der Waals surface area contributed by atoms with Gasteiger partial charge in [-0.3, -0.25) is 4.79 Å². The highest BCUT2D eigenvalue weighted by atomic mass is 16.5. The Balaban J connectivity index is 1.44. The molecule has 0 unspecified atom stereocenters. The lowest BCUT2D eigenvalue weighted by molar-refractivity contribution is 0.0949. The number of carbonyl (C=O) groups is 1. The van der Waals surface area contributed by atoms with Crippen molar-refractivity contribution in [2.24, 2.45) is 0 Å². The summed E-state index contributed by atoms with van der Waals surface area (Å²) in [7, 11) is 1.65. The van der Waals surface area contributed by atoms with Gasteiger partial charge in [0, 0.05) is 13.1 Å². The lowest BCUT2D eigenvalue weighted by Crippen LogP contribution is -2.26. The molecule has 1 aromatic heterocycles. The van der Waals surface area contributed by atoms with Gasteiger partial charge in [0.05, 0.1) is 19.0 Å². The van der Waals surface area contributed by atoms with Crippen molar-refractivity contribution in [3.63, 3.8) is 0 Å². The van der Waals surface area contributed by atoms with Gasteiger partial charge in [-0.2, -0.15) is 0 Å². The summed E-state index contributed by atoms with van der Waals surface area (Å²) in [4.78, 5) is 16.5. The molecule has 0 aliphatic heterocycles. The van der Waals surface area contributed by atoms with Crippen LogP contribution in [0, 0.1) is 0 Å². The van der Waals surface area contributed by atoms with Crippen LogP contribution in [-0.4, -0.2) is 31.1 Å². The van der Waals surface area contributed by atoms with Crippen molar-refractivity contribution in [3.8, 4) is 5.75 Å². The molecule has 0 aliphatic rings. The Kier molecular flexibility index (Phi) is 7.01. The molecule has 0 radical (unpaired) electrons. The molecule has 5 heteroatoms. The summed E-state index contributed by atoms with van der Waals surface area (Å²) in [6.45, 7) is 1.34. The minimum absolute atomic E-state index is 0.175. The molecule has 0 aliphatic carbocycles. The second kappa shape index (κ2) is 10.1. The highest BCUT2D eigenvalue weighted by Gasteiger charge is 2.08. The Hall–Kier alpha value is -3.34. The zero-order valence-electron chi connectivity index (χ0n) is 16.0. The number of anilines is 1. The SMILES string of the molecule is COc1ccccc1CCNC(=O)c1ccc(NCCc2ccccc2)cn1. The quantitative estimate of drug-likeness (QED) is 0.598. The number of carbonyl (C=O) groups excluding carboxylic acids is 1. The summed E-state index contributed by atoms with van der Waals surface area (Å²) < 4.78 is 5.33. The predicted octanol–water partition coefficient (Wildman–Crippen LogP) is 3.72. The maximum atomic E-state index is 12.3. The number of hydrogen-bond acceptors (Lipinski definition) is 4. The van der Waals surface area contributed by atoms with Gasteiger partial charge in [0.25, 0.3) is 5.91 Å². The van der Waals surface area contributed by atoms with Crippen LogP contribution in [0.1, 0.15) is 21.6 Å². The third-order valence-electron chi connectivity index (χ3n) is 4.45. The van der Waals surface area contributed by atoms with Crippen molar-refractivity contribution in [2.75, 3.05) is 25.5 Å². The number of methoxy groups -OCH3 is 1. The lowest BCUT2D eigenvalue weighted by atomic mass is 10.1. The van der Waals surface area contributed by atoms with Gasteiger partial charge >= 0.3 is 0 Å². The molecule has 5 nitrogen and oxygen atoms in total. The number of rotatable bonds is 9. The number of aromatic nitrogens is 1. The van der Waals surface area contributed by atoms with Crippen LogP contribution in [-0.2, 0) is 12.8 Å². The fourth-order valence-electron chi connectivity index (χ4n) is 2.94. The summed E-state index contributed by atoms with van der Waals surface area (Å²) in [6, 6.07) is 21.7. The Morgan fingerprint density at radius 1 is 0.929 bits per heavy atom. The highest BCUT2D eigenvalue weighted by Crippen LogP contribution is 2.17. The van der Waals surface area contributed by atoms with Gasteiger partial charge in [-0.25, -0.2) is 4.98 Å². The number of hydrogen-bond donors (Lipinski definition) is 2. The average molecular weight is 375 g/mol. The number of ether oxygens (including phenoxy) is 1. The van der Waals surface area contributed by atoms with Gasteiger partial charge in [-0.05, 0) is 42.2 Å². The molecule has 144 valence electrons. The van der Waals surface area contributed by atoms with E-state index in [1.54, 1.807) is 19.4 Å². The molecule has 0 fully saturated rings. The molecule has 2 aromatic carbocycles. The molecule has 0 spiro atoms. The first-order valence-corrected chi connectivity index (χ1v) is 9.40. The molecular weight excluding hydrogens is 350 g/mol. The van der Waals surface area contributed by atoms with E-state index in [0.717, 1.165) is 30.0 Å². The van der Waals surface area contributed by atoms with E-state index in [2.05, 4.69) is 27.8 Å². The number of para-hydroxylation sites is 1. The summed E-state index contributed by atoms with van der Waals surface area (Å²) in [5, 5.41) is 6.23. The Morgan fingerprint density at radius 2 is 1.71 bits per heavy atom. The van der Waals surface area contributed by atoms with Crippen LogP contribution in [0.25, 0.3) is 0 Å². The molecule has 0 atom stereocenters. The van der Waals surface area contributed by atoms with Crippen LogP contribution < -0.4 is 15.4 Å². The fourth-order valence-corrected chi connectivity index (χ4v) is 2.94. The number of pyridine rings is 1. The predicted molar refractivity (Wildman–Crippen MR) is 112 cm³/mol. The molecule has 3 rings (SSSR count). The normalized spacial score (nSPS) is 10.3. The van der Waals surface area contributed by atoms with Crippen molar-refractivity contribution in [1.82, 2.24) is 10.3 Å². The van der Waals surface area contributed by atoms with Gasteiger partial charge in [-0.1, -0.05) is 48.5 Å². The van der Waals surface area contributed by atoms with Gasteiger partial charge in [0.15, 0.2) is 0 Å². The lowest BCUT2D eigenvalue weighted by Gasteiger charge is -2.09. The molecule has 2 N–H and O–H groups in total. The maximum Gasteiger partial charge on any atom is 0.269 e. The Bertz CT molecular complexity index is 880. The van der Waals surface area contributed by atoms with Crippen LogP contribution in [0.4, 0.5) is 5.69 Å². The second-order valence-electron chi connectivity index (χ2n) is 6.41. The van der Waals surface area contributed by atoms with E-state index in [9.17, 15) is 4.79 Å². The third-order valence-corrected chi connectivity index (χ3v) is 4.45. The number of nitrogens with one attached hydrogen (secondary N) is 2. The van der Waals surface area contributed by atoms with Gasteiger partial charge in [0.2, 0.25) is 0 Å². The number of benzene rings is 2. The first kappa shape index (κ1) is 19.4. The van der Waals surface area contributed by atoms with E-state index >= 15 is 0 Å². The minimum Gasteiger partial charge on any atom is -0.496 e. The molecule has 3 aromatic rings. The van der Waals surface area contributed by atoms with E-state index in [0.29, 0.717) is 18.7 Å². The largest absolute Gasteiger partial charge is 0.496 e. The van der Waals surface area contributed by atoms with Crippen molar-refractivity contribution in [2.45, 2.75) is 12.8 Å². The average Bonchev–Trinajstić information content (AvgIpc) is 2.75. The number of nitrogens with zero attached hydrogens (tertiary/aromatic N) is 1. The molecule has 0 bridgehead atoms. The fraction of sp³-hybridized carbons (Fsp3) is 0.217. The summed E-state index contributed by atoms with van der Waals surface area (Å²) in [5.41, 5.74) is 3.67. The first-order valence-electron chi connectivity index (χ1n) is 9.40. The molecule has 1 amide bonds. The standard InChI is InChI=1S/C23H25N3O2/c1-28-22-10-6-5-9-19(22)14-16-25-23(27)21-12-11-20(17-26-21)24-15-13-18-7-3-2-4-8-18/h2-12,17,24H,13-16H2,1H3,(H,25,27). The van der Waals surface area contributed by atoms with E-state index < -0.39 is 0 Å². The smallest absolute Gasteiger partial charge is 0.269 e. The molecular formula is C23H25N3O2. The monoisotopic (exact) mass is 375 g/mol. The van der Waals surface area contributed by atoms with E-state index in [4.69, 9.17) is 4.74 Å². The van der Waals surface area contributed by atoms with Crippen LogP contribution in [0.2, 0.25) is 0 Å². The second-order valence-corrected chi connectivity index (χ2v) is 6.41. The van der Waals surface area contributed by atoms with Crippen LogP contribution in [0.3, 0.4) is 0 Å².